The topological polar surface area (TPSA) is 77.6 Å². The number of carbonyl (C=O) groups is 2. The highest BCUT2D eigenvalue weighted by molar-refractivity contribution is 7.12. The van der Waals surface area contributed by atoms with Crippen LogP contribution in [0.15, 0.2) is 35.8 Å². The molecular formula is C22H29N5O2S. The zero-order valence-corrected chi connectivity index (χ0v) is 18.0. The minimum absolute atomic E-state index is 0.114. The average molecular weight is 428 g/mol. The fourth-order valence-electron chi connectivity index (χ4n) is 4.15. The molecular weight excluding hydrogens is 398 g/mol. The lowest BCUT2D eigenvalue weighted by Gasteiger charge is -2.23. The molecule has 2 aromatic rings. The first-order valence-electron chi connectivity index (χ1n) is 10.8. The normalized spacial score (nSPS) is 18.0. The number of pyridine rings is 1. The lowest BCUT2D eigenvalue weighted by atomic mass is 9.96. The van der Waals surface area contributed by atoms with Gasteiger partial charge in [0.2, 0.25) is 0 Å². The van der Waals surface area contributed by atoms with Gasteiger partial charge in [0.05, 0.1) is 16.8 Å². The van der Waals surface area contributed by atoms with Crippen molar-refractivity contribution in [3.63, 3.8) is 0 Å². The van der Waals surface area contributed by atoms with Crippen LogP contribution in [0.25, 0.3) is 0 Å². The molecule has 7 nitrogen and oxygen atoms in total. The van der Waals surface area contributed by atoms with Crippen molar-refractivity contribution in [3.05, 3.63) is 40.7 Å². The largest absolute Gasteiger partial charge is 0.355 e. The molecule has 30 heavy (non-hydrogen) atoms. The van der Waals surface area contributed by atoms with Gasteiger partial charge in [-0.25, -0.2) is 9.78 Å². The number of amides is 3. The van der Waals surface area contributed by atoms with Crippen molar-refractivity contribution in [2.24, 2.45) is 0 Å². The van der Waals surface area contributed by atoms with Crippen molar-refractivity contribution in [2.45, 2.75) is 44.6 Å². The van der Waals surface area contributed by atoms with E-state index >= 15 is 0 Å². The number of rotatable bonds is 4. The van der Waals surface area contributed by atoms with Gasteiger partial charge in [0, 0.05) is 32.2 Å². The molecule has 0 spiro atoms. The Kier molecular flexibility index (Phi) is 6.84. The summed E-state index contributed by atoms with van der Waals surface area (Å²) in [5, 5.41) is 7.88. The van der Waals surface area contributed by atoms with Gasteiger partial charge in [0.1, 0.15) is 5.82 Å². The predicted molar refractivity (Wildman–Crippen MR) is 120 cm³/mol. The van der Waals surface area contributed by atoms with Crippen LogP contribution in [0.4, 0.5) is 16.3 Å². The van der Waals surface area contributed by atoms with E-state index in [1.165, 1.54) is 30.6 Å². The number of hydrogen-bond acceptors (Lipinski definition) is 5. The molecule has 0 unspecified atom stereocenters. The Balaban J connectivity index is 1.29. The van der Waals surface area contributed by atoms with Gasteiger partial charge in [-0.3, -0.25) is 4.79 Å². The van der Waals surface area contributed by atoms with Crippen LogP contribution in [0.2, 0.25) is 0 Å². The molecule has 1 saturated heterocycles. The Bertz CT molecular complexity index is 834. The molecule has 2 fully saturated rings. The van der Waals surface area contributed by atoms with Gasteiger partial charge in [-0.1, -0.05) is 25.3 Å². The van der Waals surface area contributed by atoms with E-state index in [0.717, 1.165) is 49.6 Å². The summed E-state index contributed by atoms with van der Waals surface area (Å²) in [6.07, 6.45) is 8.37. The second kappa shape index (κ2) is 9.93. The zero-order chi connectivity index (χ0) is 20.8. The number of urea groups is 1. The monoisotopic (exact) mass is 427 g/mol. The van der Waals surface area contributed by atoms with Crippen molar-refractivity contribution in [2.75, 3.05) is 36.4 Å². The molecule has 1 aliphatic carbocycles. The standard InChI is InChI=1S/C22H29N5O2S/c28-21(19-8-4-15-30-19)27-12-5-11-26(13-14-27)20-10-9-18(16-23-20)25-22(29)24-17-6-2-1-3-7-17/h4,8-10,15-17H,1-3,5-7,11-14H2,(H2,24,25,29). The molecule has 1 saturated carbocycles. The van der Waals surface area contributed by atoms with Gasteiger partial charge in [-0.05, 0) is 42.8 Å². The van der Waals surface area contributed by atoms with E-state index in [-0.39, 0.29) is 18.0 Å². The summed E-state index contributed by atoms with van der Waals surface area (Å²) in [4.78, 5) is 34.3. The van der Waals surface area contributed by atoms with Crippen molar-refractivity contribution < 1.29 is 9.59 Å². The van der Waals surface area contributed by atoms with E-state index < -0.39 is 0 Å². The Morgan fingerprint density at radius 1 is 1.00 bits per heavy atom. The molecule has 3 amide bonds. The van der Waals surface area contributed by atoms with Crippen LogP contribution in [0.3, 0.4) is 0 Å². The van der Waals surface area contributed by atoms with Gasteiger partial charge in [-0.2, -0.15) is 0 Å². The minimum Gasteiger partial charge on any atom is -0.355 e. The fraction of sp³-hybridized carbons (Fsp3) is 0.500. The first kappa shape index (κ1) is 20.7. The summed E-state index contributed by atoms with van der Waals surface area (Å²) in [6, 6.07) is 7.75. The molecule has 4 rings (SSSR count). The minimum atomic E-state index is -0.158. The van der Waals surface area contributed by atoms with E-state index in [1.54, 1.807) is 6.20 Å². The average Bonchev–Trinajstić information content (AvgIpc) is 3.19. The Morgan fingerprint density at radius 2 is 1.87 bits per heavy atom. The van der Waals surface area contributed by atoms with E-state index in [9.17, 15) is 9.59 Å². The molecule has 0 bridgehead atoms. The summed E-state index contributed by atoms with van der Waals surface area (Å²) < 4.78 is 0. The molecule has 0 atom stereocenters. The first-order valence-corrected chi connectivity index (χ1v) is 11.7. The lowest BCUT2D eigenvalue weighted by molar-refractivity contribution is 0.0772. The maximum absolute atomic E-state index is 12.6. The highest BCUT2D eigenvalue weighted by Crippen LogP contribution is 2.20. The number of anilines is 2. The number of thiophene rings is 1. The number of hydrogen-bond donors (Lipinski definition) is 2. The summed E-state index contributed by atoms with van der Waals surface area (Å²) in [7, 11) is 0. The Labute approximate surface area is 181 Å². The summed E-state index contributed by atoms with van der Waals surface area (Å²) in [5.41, 5.74) is 0.691. The van der Waals surface area contributed by atoms with Gasteiger partial charge >= 0.3 is 6.03 Å². The number of carbonyl (C=O) groups excluding carboxylic acids is 2. The number of nitrogens with one attached hydrogen (secondary N) is 2. The van der Waals surface area contributed by atoms with Crippen LogP contribution in [0, 0.1) is 0 Å². The summed E-state index contributed by atoms with van der Waals surface area (Å²) in [6.45, 7) is 3.05. The van der Waals surface area contributed by atoms with Crippen LogP contribution < -0.4 is 15.5 Å². The molecule has 1 aliphatic heterocycles. The third-order valence-electron chi connectivity index (χ3n) is 5.79. The highest BCUT2D eigenvalue weighted by Gasteiger charge is 2.21. The van der Waals surface area contributed by atoms with E-state index in [1.807, 2.05) is 34.5 Å². The number of nitrogens with zero attached hydrogens (tertiary/aromatic N) is 3. The Morgan fingerprint density at radius 3 is 2.60 bits per heavy atom. The van der Waals surface area contributed by atoms with Crippen molar-refractivity contribution >= 4 is 34.8 Å². The van der Waals surface area contributed by atoms with Gasteiger partial charge in [-0.15, -0.1) is 11.3 Å². The molecule has 2 aromatic heterocycles. The van der Waals surface area contributed by atoms with Crippen LogP contribution >= 0.6 is 11.3 Å². The molecule has 160 valence electrons. The van der Waals surface area contributed by atoms with E-state index in [4.69, 9.17) is 0 Å². The van der Waals surface area contributed by atoms with Crippen molar-refractivity contribution in [1.82, 2.24) is 15.2 Å². The van der Waals surface area contributed by atoms with Crippen LogP contribution in [-0.2, 0) is 0 Å². The highest BCUT2D eigenvalue weighted by atomic mass is 32.1. The molecule has 0 aromatic carbocycles. The van der Waals surface area contributed by atoms with Crippen LogP contribution in [-0.4, -0.2) is 54.0 Å². The maximum atomic E-state index is 12.6. The van der Waals surface area contributed by atoms with Crippen LogP contribution in [0.5, 0.6) is 0 Å². The zero-order valence-electron chi connectivity index (χ0n) is 17.2. The fourth-order valence-corrected chi connectivity index (χ4v) is 4.84. The molecule has 0 radical (unpaired) electrons. The van der Waals surface area contributed by atoms with Gasteiger partial charge in [0.15, 0.2) is 0 Å². The van der Waals surface area contributed by atoms with E-state index in [0.29, 0.717) is 12.2 Å². The third kappa shape index (κ3) is 5.30. The van der Waals surface area contributed by atoms with Gasteiger partial charge in [0.25, 0.3) is 5.91 Å². The van der Waals surface area contributed by atoms with Crippen molar-refractivity contribution in [1.29, 1.82) is 0 Å². The second-order valence-electron chi connectivity index (χ2n) is 7.95. The number of aromatic nitrogens is 1. The molecule has 2 N–H and O–H groups in total. The maximum Gasteiger partial charge on any atom is 0.319 e. The quantitative estimate of drug-likeness (QED) is 0.775. The first-order chi connectivity index (χ1) is 14.7. The molecule has 3 heterocycles. The summed E-state index contributed by atoms with van der Waals surface area (Å²) in [5.74, 6) is 0.988. The van der Waals surface area contributed by atoms with Gasteiger partial charge < -0.3 is 20.4 Å². The lowest BCUT2D eigenvalue weighted by Crippen LogP contribution is -2.39. The van der Waals surface area contributed by atoms with E-state index in [2.05, 4.69) is 20.5 Å². The Hall–Kier alpha value is -2.61. The van der Waals surface area contributed by atoms with Crippen molar-refractivity contribution in [3.8, 4) is 0 Å². The summed E-state index contributed by atoms with van der Waals surface area (Å²) >= 11 is 1.49. The predicted octanol–water partition coefficient (Wildman–Crippen LogP) is 3.95. The molecule has 8 heteroatoms. The third-order valence-corrected chi connectivity index (χ3v) is 6.64. The van der Waals surface area contributed by atoms with Crippen LogP contribution in [0.1, 0.15) is 48.2 Å². The molecule has 2 aliphatic rings. The smallest absolute Gasteiger partial charge is 0.319 e. The SMILES string of the molecule is O=C(Nc1ccc(N2CCCN(C(=O)c3cccs3)CC2)nc1)NC1CCCCC1. The second-order valence-corrected chi connectivity index (χ2v) is 8.90.